The molecule has 0 fully saturated rings. The van der Waals surface area contributed by atoms with E-state index in [-0.39, 0.29) is 5.11 Å². The molecule has 1 rings (SSSR count). The van der Waals surface area contributed by atoms with E-state index < -0.39 is 0 Å². The van der Waals surface area contributed by atoms with Crippen LogP contribution in [0.5, 0.6) is 5.75 Å². The van der Waals surface area contributed by atoms with Gasteiger partial charge in [0.05, 0.1) is 0 Å². The Balaban J connectivity index is 2.92. The van der Waals surface area contributed by atoms with Crippen molar-refractivity contribution in [3.05, 3.63) is 23.8 Å². The Labute approximate surface area is 82.6 Å². The van der Waals surface area contributed by atoms with Crippen molar-refractivity contribution in [3.8, 4) is 5.75 Å². The standard InChI is InChI=1S/C9H12N2OS/c1-2-6-5-7(11-9(10)13)3-4-8(6)12/h3-5,12H,2H2,1H3,(H3,10,11,13). The highest BCUT2D eigenvalue weighted by Gasteiger charge is 2.00. The van der Waals surface area contributed by atoms with Gasteiger partial charge in [-0.05, 0) is 42.4 Å². The predicted octanol–water partition coefficient (Wildman–Crippen LogP) is 1.61. The molecule has 0 amide bonds. The van der Waals surface area contributed by atoms with Crippen LogP contribution in [0.4, 0.5) is 5.69 Å². The molecule has 4 heteroatoms. The van der Waals surface area contributed by atoms with Crippen LogP contribution in [-0.4, -0.2) is 10.2 Å². The summed E-state index contributed by atoms with van der Waals surface area (Å²) in [6.07, 6.45) is 0.776. The van der Waals surface area contributed by atoms with Crippen LogP contribution in [0.25, 0.3) is 0 Å². The predicted molar refractivity (Wildman–Crippen MR) is 57.9 cm³/mol. The minimum absolute atomic E-state index is 0.229. The number of rotatable bonds is 2. The number of phenolic OH excluding ortho intramolecular Hbond substituents is 1. The van der Waals surface area contributed by atoms with E-state index in [9.17, 15) is 5.11 Å². The average Bonchev–Trinajstić information content (AvgIpc) is 2.07. The molecule has 0 spiro atoms. The molecule has 0 heterocycles. The highest BCUT2D eigenvalue weighted by atomic mass is 32.1. The summed E-state index contributed by atoms with van der Waals surface area (Å²) in [4.78, 5) is 0. The van der Waals surface area contributed by atoms with Gasteiger partial charge in [-0.3, -0.25) is 0 Å². The van der Waals surface area contributed by atoms with E-state index in [0.717, 1.165) is 17.7 Å². The third-order valence-electron chi connectivity index (χ3n) is 1.73. The fraction of sp³-hybridized carbons (Fsp3) is 0.222. The number of aryl methyl sites for hydroxylation is 1. The Morgan fingerprint density at radius 3 is 2.85 bits per heavy atom. The molecule has 0 bridgehead atoms. The number of thiocarbonyl (C=S) groups is 1. The van der Waals surface area contributed by atoms with Crippen molar-refractivity contribution in [2.24, 2.45) is 5.73 Å². The monoisotopic (exact) mass is 196 g/mol. The van der Waals surface area contributed by atoms with Gasteiger partial charge in [0.15, 0.2) is 5.11 Å². The Kier molecular flexibility index (Phi) is 3.08. The van der Waals surface area contributed by atoms with Gasteiger partial charge in [0.25, 0.3) is 0 Å². The molecule has 0 saturated carbocycles. The van der Waals surface area contributed by atoms with Crippen molar-refractivity contribution >= 4 is 23.0 Å². The fourth-order valence-electron chi connectivity index (χ4n) is 1.09. The number of nitrogens with one attached hydrogen (secondary N) is 1. The van der Waals surface area contributed by atoms with Crippen LogP contribution in [0.15, 0.2) is 18.2 Å². The Morgan fingerprint density at radius 1 is 1.62 bits per heavy atom. The van der Waals surface area contributed by atoms with E-state index in [4.69, 9.17) is 18.0 Å². The van der Waals surface area contributed by atoms with Crippen LogP contribution in [0.2, 0.25) is 0 Å². The first-order chi connectivity index (χ1) is 6.13. The summed E-state index contributed by atoms with van der Waals surface area (Å²) in [5.74, 6) is 0.302. The van der Waals surface area contributed by atoms with E-state index in [2.05, 4.69) is 5.32 Å². The SMILES string of the molecule is CCc1cc(NC(N)=S)ccc1O. The number of benzene rings is 1. The van der Waals surface area contributed by atoms with Gasteiger partial charge in [-0.15, -0.1) is 0 Å². The first kappa shape index (κ1) is 9.80. The van der Waals surface area contributed by atoms with Crippen LogP contribution in [0.3, 0.4) is 0 Å². The van der Waals surface area contributed by atoms with Crippen LogP contribution in [0, 0.1) is 0 Å². The first-order valence-electron chi connectivity index (χ1n) is 4.02. The molecule has 0 aromatic heterocycles. The zero-order chi connectivity index (χ0) is 9.84. The lowest BCUT2D eigenvalue weighted by Crippen LogP contribution is -2.18. The molecule has 0 unspecified atom stereocenters. The molecular weight excluding hydrogens is 184 g/mol. The molecule has 70 valence electrons. The highest BCUT2D eigenvalue weighted by molar-refractivity contribution is 7.80. The molecule has 0 radical (unpaired) electrons. The van der Waals surface area contributed by atoms with E-state index in [0.29, 0.717) is 5.75 Å². The summed E-state index contributed by atoms with van der Waals surface area (Å²) < 4.78 is 0. The topological polar surface area (TPSA) is 58.3 Å². The second-order valence-electron chi connectivity index (χ2n) is 2.69. The number of hydrogen-bond donors (Lipinski definition) is 3. The molecule has 13 heavy (non-hydrogen) atoms. The average molecular weight is 196 g/mol. The molecule has 1 aromatic rings. The summed E-state index contributed by atoms with van der Waals surface area (Å²) >= 11 is 4.69. The number of phenols is 1. The third-order valence-corrected chi connectivity index (χ3v) is 1.83. The summed E-state index contributed by atoms with van der Waals surface area (Å²) in [5.41, 5.74) is 7.00. The second kappa shape index (κ2) is 4.09. The zero-order valence-electron chi connectivity index (χ0n) is 7.37. The van der Waals surface area contributed by atoms with E-state index in [1.807, 2.05) is 13.0 Å². The molecule has 4 N–H and O–H groups in total. The summed E-state index contributed by atoms with van der Waals surface area (Å²) in [6, 6.07) is 5.18. The lowest BCUT2D eigenvalue weighted by atomic mass is 10.1. The second-order valence-corrected chi connectivity index (χ2v) is 3.13. The van der Waals surface area contributed by atoms with Gasteiger partial charge < -0.3 is 16.2 Å². The molecule has 0 aliphatic heterocycles. The summed E-state index contributed by atoms with van der Waals surface area (Å²) in [5, 5.41) is 12.4. The third kappa shape index (κ3) is 2.59. The number of nitrogens with two attached hydrogens (primary N) is 1. The lowest BCUT2D eigenvalue weighted by molar-refractivity contribution is 0.469. The van der Waals surface area contributed by atoms with Crippen molar-refractivity contribution in [2.45, 2.75) is 13.3 Å². The fourth-order valence-corrected chi connectivity index (χ4v) is 1.21. The number of hydrogen-bond acceptors (Lipinski definition) is 2. The van der Waals surface area contributed by atoms with Crippen molar-refractivity contribution < 1.29 is 5.11 Å². The van der Waals surface area contributed by atoms with Crippen molar-refractivity contribution in [1.82, 2.24) is 0 Å². The highest BCUT2D eigenvalue weighted by Crippen LogP contribution is 2.21. The lowest BCUT2D eigenvalue weighted by Gasteiger charge is -2.06. The van der Waals surface area contributed by atoms with E-state index in [1.54, 1.807) is 12.1 Å². The first-order valence-corrected chi connectivity index (χ1v) is 4.42. The molecule has 0 aliphatic rings. The van der Waals surface area contributed by atoms with Gasteiger partial charge in [-0.1, -0.05) is 6.92 Å². The molecular formula is C9H12N2OS. The molecule has 0 aliphatic carbocycles. The van der Waals surface area contributed by atoms with Gasteiger partial charge in [-0.25, -0.2) is 0 Å². The van der Waals surface area contributed by atoms with E-state index in [1.165, 1.54) is 0 Å². The Bertz CT molecular complexity index is 325. The van der Waals surface area contributed by atoms with Gasteiger partial charge in [0.1, 0.15) is 5.75 Å². The minimum atomic E-state index is 0.229. The quantitative estimate of drug-likeness (QED) is 0.497. The summed E-state index contributed by atoms with van der Waals surface area (Å²) in [6.45, 7) is 1.97. The smallest absolute Gasteiger partial charge is 0.168 e. The van der Waals surface area contributed by atoms with Crippen LogP contribution >= 0.6 is 12.2 Å². The van der Waals surface area contributed by atoms with Crippen LogP contribution < -0.4 is 11.1 Å². The number of aromatic hydroxyl groups is 1. The van der Waals surface area contributed by atoms with Crippen molar-refractivity contribution in [2.75, 3.05) is 5.32 Å². The maximum Gasteiger partial charge on any atom is 0.168 e. The van der Waals surface area contributed by atoms with Gasteiger partial charge >= 0.3 is 0 Å². The Hall–Kier alpha value is -1.29. The molecule has 1 aromatic carbocycles. The number of anilines is 1. The van der Waals surface area contributed by atoms with E-state index >= 15 is 0 Å². The molecule has 3 nitrogen and oxygen atoms in total. The largest absolute Gasteiger partial charge is 0.508 e. The summed E-state index contributed by atoms with van der Waals surface area (Å²) in [7, 11) is 0. The molecule has 0 atom stereocenters. The van der Waals surface area contributed by atoms with Crippen LogP contribution in [-0.2, 0) is 6.42 Å². The van der Waals surface area contributed by atoms with Crippen molar-refractivity contribution in [3.63, 3.8) is 0 Å². The zero-order valence-corrected chi connectivity index (χ0v) is 8.19. The maximum absolute atomic E-state index is 9.38. The van der Waals surface area contributed by atoms with Crippen LogP contribution in [0.1, 0.15) is 12.5 Å². The van der Waals surface area contributed by atoms with Crippen molar-refractivity contribution in [1.29, 1.82) is 0 Å². The normalized spacial score (nSPS) is 9.62. The van der Waals surface area contributed by atoms with Gasteiger partial charge in [0, 0.05) is 5.69 Å². The minimum Gasteiger partial charge on any atom is -0.508 e. The Morgan fingerprint density at radius 2 is 2.31 bits per heavy atom. The maximum atomic E-state index is 9.38. The van der Waals surface area contributed by atoms with Gasteiger partial charge in [0.2, 0.25) is 0 Å². The molecule has 0 saturated heterocycles. The van der Waals surface area contributed by atoms with Gasteiger partial charge in [-0.2, -0.15) is 0 Å².